The Morgan fingerprint density at radius 2 is 1.89 bits per heavy atom. The van der Waals surface area contributed by atoms with E-state index < -0.39 is 4.92 Å². The molecule has 0 spiro atoms. The highest BCUT2D eigenvalue weighted by atomic mass is 16.6. The Morgan fingerprint density at radius 1 is 1.11 bits per heavy atom. The second kappa shape index (κ2) is 5.69. The van der Waals surface area contributed by atoms with Crippen molar-refractivity contribution in [3.63, 3.8) is 0 Å². The number of nitro groups is 1. The van der Waals surface area contributed by atoms with E-state index in [4.69, 9.17) is 4.74 Å². The van der Waals surface area contributed by atoms with Crippen molar-refractivity contribution in [1.82, 2.24) is 0 Å². The molecule has 4 nitrogen and oxygen atoms in total. The summed E-state index contributed by atoms with van der Waals surface area (Å²) >= 11 is 0. The molecule has 0 bridgehead atoms. The summed E-state index contributed by atoms with van der Waals surface area (Å²) in [6.45, 7) is 0. The van der Waals surface area contributed by atoms with Crippen molar-refractivity contribution < 1.29 is 9.66 Å². The van der Waals surface area contributed by atoms with E-state index >= 15 is 0 Å². The first kappa shape index (κ1) is 12.7. The van der Waals surface area contributed by atoms with Gasteiger partial charge in [-0.1, -0.05) is 30.0 Å². The summed E-state index contributed by atoms with van der Waals surface area (Å²) in [6, 6.07) is 13.7. The van der Waals surface area contributed by atoms with Gasteiger partial charge in [0.25, 0.3) is 5.69 Å². The van der Waals surface area contributed by atoms with Gasteiger partial charge in [0.1, 0.15) is 11.3 Å². The van der Waals surface area contributed by atoms with E-state index in [0.29, 0.717) is 11.3 Å². The molecule has 0 unspecified atom stereocenters. The summed E-state index contributed by atoms with van der Waals surface area (Å²) in [5.74, 6) is 6.41. The van der Waals surface area contributed by atoms with Gasteiger partial charge in [0.15, 0.2) is 0 Å². The number of ether oxygens (including phenoxy) is 1. The number of hydrogen-bond acceptors (Lipinski definition) is 3. The van der Waals surface area contributed by atoms with Crippen LogP contribution in [-0.2, 0) is 0 Å². The van der Waals surface area contributed by atoms with Gasteiger partial charge in [-0.3, -0.25) is 10.1 Å². The Labute approximate surface area is 110 Å². The summed E-state index contributed by atoms with van der Waals surface area (Å²) in [6.07, 6.45) is 0. The molecule has 4 heteroatoms. The van der Waals surface area contributed by atoms with E-state index in [1.165, 1.54) is 6.07 Å². The standard InChI is InChI=1S/C15H11NO3/c1-19-14-7-4-5-12(11-14)9-10-13-6-2-3-8-15(13)16(17)18/h2-8,11H,1H3. The zero-order chi connectivity index (χ0) is 13.7. The van der Waals surface area contributed by atoms with Crippen molar-refractivity contribution in [3.8, 4) is 17.6 Å². The van der Waals surface area contributed by atoms with Crippen LogP contribution in [0.2, 0.25) is 0 Å². The molecule has 0 fully saturated rings. The van der Waals surface area contributed by atoms with Crippen LogP contribution < -0.4 is 4.74 Å². The van der Waals surface area contributed by atoms with E-state index in [0.717, 1.165) is 5.56 Å². The van der Waals surface area contributed by atoms with Crippen molar-refractivity contribution in [3.05, 3.63) is 69.8 Å². The summed E-state index contributed by atoms with van der Waals surface area (Å²) in [4.78, 5) is 10.4. The first-order valence-electron chi connectivity index (χ1n) is 5.60. The molecule has 0 saturated heterocycles. The van der Waals surface area contributed by atoms with Crippen molar-refractivity contribution in [2.45, 2.75) is 0 Å². The zero-order valence-corrected chi connectivity index (χ0v) is 10.3. The number of hydrogen-bond donors (Lipinski definition) is 0. The zero-order valence-electron chi connectivity index (χ0n) is 10.3. The molecule has 94 valence electrons. The molecular weight excluding hydrogens is 242 g/mol. The molecule has 0 radical (unpaired) electrons. The topological polar surface area (TPSA) is 52.4 Å². The quantitative estimate of drug-likeness (QED) is 0.469. The second-order valence-electron chi connectivity index (χ2n) is 3.76. The van der Waals surface area contributed by atoms with Gasteiger partial charge in [0.2, 0.25) is 0 Å². The Morgan fingerprint density at radius 3 is 2.63 bits per heavy atom. The molecule has 0 aliphatic rings. The van der Waals surface area contributed by atoms with E-state index in [1.807, 2.05) is 18.2 Å². The molecule has 0 aromatic heterocycles. The highest BCUT2D eigenvalue weighted by Crippen LogP contribution is 2.17. The maximum Gasteiger partial charge on any atom is 0.284 e. The fourth-order valence-corrected chi connectivity index (χ4v) is 1.58. The highest BCUT2D eigenvalue weighted by Gasteiger charge is 2.09. The normalized spacial score (nSPS) is 9.32. The molecular formula is C15H11NO3. The van der Waals surface area contributed by atoms with Crippen LogP contribution in [0.1, 0.15) is 11.1 Å². The van der Waals surface area contributed by atoms with Crippen LogP contribution in [0.25, 0.3) is 0 Å². The molecule has 19 heavy (non-hydrogen) atoms. The Balaban J connectivity index is 2.36. The lowest BCUT2D eigenvalue weighted by Gasteiger charge is -1.98. The molecule has 2 rings (SSSR count). The van der Waals surface area contributed by atoms with Crippen LogP contribution >= 0.6 is 0 Å². The van der Waals surface area contributed by atoms with Crippen molar-refractivity contribution in [2.75, 3.05) is 7.11 Å². The molecule has 0 heterocycles. The molecule has 0 aliphatic heterocycles. The van der Waals surface area contributed by atoms with Gasteiger partial charge >= 0.3 is 0 Å². The SMILES string of the molecule is COc1cccc(C#Cc2ccccc2[N+](=O)[O-])c1. The van der Waals surface area contributed by atoms with E-state index in [1.54, 1.807) is 31.4 Å². The number of rotatable bonds is 2. The van der Waals surface area contributed by atoms with Crippen LogP contribution in [0.3, 0.4) is 0 Å². The van der Waals surface area contributed by atoms with Crippen LogP contribution in [-0.4, -0.2) is 12.0 Å². The van der Waals surface area contributed by atoms with Crippen LogP contribution in [0.4, 0.5) is 5.69 Å². The fraction of sp³-hybridized carbons (Fsp3) is 0.0667. The van der Waals surface area contributed by atoms with Crippen LogP contribution in [0, 0.1) is 22.0 Å². The second-order valence-corrected chi connectivity index (χ2v) is 3.76. The molecule has 2 aromatic rings. The lowest BCUT2D eigenvalue weighted by molar-refractivity contribution is -0.385. The summed E-state index contributed by atoms with van der Waals surface area (Å²) in [5.41, 5.74) is 1.16. The van der Waals surface area contributed by atoms with Gasteiger partial charge in [0.05, 0.1) is 12.0 Å². The Bertz CT molecular complexity index is 668. The van der Waals surface area contributed by atoms with Gasteiger partial charge in [-0.2, -0.15) is 0 Å². The molecule has 0 amide bonds. The average Bonchev–Trinajstić information content (AvgIpc) is 2.45. The fourth-order valence-electron chi connectivity index (χ4n) is 1.58. The first-order chi connectivity index (χ1) is 9.20. The molecule has 0 N–H and O–H groups in total. The summed E-state index contributed by atoms with van der Waals surface area (Å²) in [7, 11) is 1.58. The predicted molar refractivity (Wildman–Crippen MR) is 72.1 cm³/mol. The van der Waals surface area contributed by atoms with Crippen molar-refractivity contribution >= 4 is 5.69 Å². The van der Waals surface area contributed by atoms with Crippen molar-refractivity contribution in [2.24, 2.45) is 0 Å². The average molecular weight is 253 g/mol. The van der Waals surface area contributed by atoms with Crippen molar-refractivity contribution in [1.29, 1.82) is 0 Å². The van der Waals surface area contributed by atoms with Gasteiger partial charge in [-0.15, -0.1) is 0 Å². The third kappa shape index (κ3) is 3.11. The van der Waals surface area contributed by atoms with E-state index in [-0.39, 0.29) is 5.69 Å². The molecule has 0 saturated carbocycles. The van der Waals surface area contributed by atoms with E-state index in [9.17, 15) is 10.1 Å². The third-order valence-electron chi connectivity index (χ3n) is 2.51. The molecule has 2 aromatic carbocycles. The largest absolute Gasteiger partial charge is 0.497 e. The van der Waals surface area contributed by atoms with Crippen LogP contribution in [0.15, 0.2) is 48.5 Å². The third-order valence-corrected chi connectivity index (χ3v) is 2.51. The Hall–Kier alpha value is -2.80. The van der Waals surface area contributed by atoms with Gasteiger partial charge in [-0.25, -0.2) is 0 Å². The highest BCUT2D eigenvalue weighted by molar-refractivity contribution is 5.53. The van der Waals surface area contributed by atoms with E-state index in [2.05, 4.69) is 11.8 Å². The monoisotopic (exact) mass is 253 g/mol. The van der Waals surface area contributed by atoms with Gasteiger partial charge < -0.3 is 4.74 Å². The number of nitrogens with zero attached hydrogens (tertiary/aromatic N) is 1. The minimum Gasteiger partial charge on any atom is -0.497 e. The predicted octanol–water partition coefficient (Wildman–Crippen LogP) is 3.00. The maximum atomic E-state index is 10.9. The van der Waals surface area contributed by atoms with Crippen LogP contribution in [0.5, 0.6) is 5.75 Å². The number of benzene rings is 2. The lowest BCUT2D eigenvalue weighted by Crippen LogP contribution is -1.91. The van der Waals surface area contributed by atoms with Gasteiger partial charge in [0, 0.05) is 11.6 Å². The minimum atomic E-state index is -0.435. The molecule has 0 atom stereocenters. The Kier molecular flexibility index (Phi) is 3.79. The minimum absolute atomic E-state index is 0.0119. The smallest absolute Gasteiger partial charge is 0.284 e. The number of nitro benzene ring substituents is 1. The lowest BCUT2D eigenvalue weighted by atomic mass is 10.1. The molecule has 0 aliphatic carbocycles. The number of para-hydroxylation sites is 1. The first-order valence-corrected chi connectivity index (χ1v) is 5.60. The maximum absolute atomic E-state index is 10.9. The van der Waals surface area contributed by atoms with Gasteiger partial charge in [-0.05, 0) is 24.3 Å². The summed E-state index contributed by atoms with van der Waals surface area (Å²) in [5, 5.41) is 10.9. The summed E-state index contributed by atoms with van der Waals surface area (Å²) < 4.78 is 5.09. The number of methoxy groups -OCH3 is 1.